The van der Waals surface area contributed by atoms with Gasteiger partial charge in [0.25, 0.3) is 0 Å². The van der Waals surface area contributed by atoms with Crippen LogP contribution in [0.2, 0.25) is 0 Å². The van der Waals surface area contributed by atoms with Gasteiger partial charge in [0.1, 0.15) is 5.75 Å². The summed E-state index contributed by atoms with van der Waals surface area (Å²) in [5, 5.41) is 5.64. The number of benzene rings is 2. The molecule has 6 heteroatoms. The number of amides is 2. The second-order valence-electron chi connectivity index (χ2n) is 6.77. The molecule has 27 heavy (non-hydrogen) atoms. The van der Waals surface area contributed by atoms with E-state index in [4.69, 9.17) is 4.74 Å². The van der Waals surface area contributed by atoms with Crippen LogP contribution in [0.4, 0.5) is 11.4 Å². The van der Waals surface area contributed by atoms with Crippen LogP contribution in [0.1, 0.15) is 25.3 Å². The number of methoxy groups -OCH3 is 1. The Morgan fingerprint density at radius 2 is 1.33 bits per heavy atom. The number of nitrogens with zero attached hydrogens (tertiary/aromatic N) is 1. The highest BCUT2D eigenvalue weighted by atomic mass is 16.5. The lowest BCUT2D eigenvalue weighted by atomic mass is 10.0. The predicted octanol–water partition coefficient (Wildman–Crippen LogP) is 3.33. The molecule has 0 aromatic heterocycles. The number of ether oxygens (including phenoxy) is 1. The molecule has 2 N–H and O–H groups in total. The van der Waals surface area contributed by atoms with E-state index in [9.17, 15) is 9.59 Å². The minimum Gasteiger partial charge on any atom is -0.497 e. The maximum Gasteiger partial charge on any atom is 0.238 e. The third kappa shape index (κ3) is 6.75. The topological polar surface area (TPSA) is 70.7 Å². The molecule has 0 aliphatic heterocycles. The first-order valence-corrected chi connectivity index (χ1v) is 8.89. The number of nitrogens with one attached hydrogen (secondary N) is 2. The maximum absolute atomic E-state index is 12.2. The molecule has 0 aliphatic carbocycles. The quantitative estimate of drug-likeness (QED) is 0.749. The number of anilines is 2. The lowest BCUT2D eigenvalue weighted by Gasteiger charge is -2.16. The van der Waals surface area contributed by atoms with E-state index in [-0.39, 0.29) is 24.9 Å². The van der Waals surface area contributed by atoms with Gasteiger partial charge in [0, 0.05) is 11.4 Å². The molecule has 2 rings (SSSR count). The van der Waals surface area contributed by atoms with Crippen molar-refractivity contribution in [2.24, 2.45) is 0 Å². The highest BCUT2D eigenvalue weighted by Gasteiger charge is 2.11. The zero-order chi connectivity index (χ0) is 19.8. The van der Waals surface area contributed by atoms with Gasteiger partial charge in [-0.1, -0.05) is 26.0 Å². The molecule has 0 atom stereocenters. The van der Waals surface area contributed by atoms with Crippen LogP contribution in [0, 0.1) is 0 Å². The highest BCUT2D eigenvalue weighted by molar-refractivity contribution is 5.94. The van der Waals surface area contributed by atoms with Crippen molar-refractivity contribution >= 4 is 23.2 Å². The Balaban J connectivity index is 1.78. The van der Waals surface area contributed by atoms with Gasteiger partial charge >= 0.3 is 0 Å². The number of carbonyl (C=O) groups is 2. The molecular weight excluding hydrogens is 342 g/mol. The van der Waals surface area contributed by atoms with E-state index in [2.05, 4.69) is 24.5 Å². The molecule has 0 fully saturated rings. The van der Waals surface area contributed by atoms with Gasteiger partial charge in [-0.2, -0.15) is 0 Å². The molecule has 2 aromatic carbocycles. The molecule has 0 saturated heterocycles. The van der Waals surface area contributed by atoms with Crippen molar-refractivity contribution < 1.29 is 14.3 Å². The fraction of sp³-hybridized carbons (Fsp3) is 0.333. The molecule has 0 spiro atoms. The molecule has 0 heterocycles. The first-order valence-electron chi connectivity index (χ1n) is 8.89. The van der Waals surface area contributed by atoms with Crippen molar-refractivity contribution in [3.05, 3.63) is 54.1 Å². The number of rotatable bonds is 8. The van der Waals surface area contributed by atoms with Crippen LogP contribution in [0.25, 0.3) is 0 Å². The normalized spacial score (nSPS) is 10.7. The molecule has 2 amide bonds. The molecule has 0 radical (unpaired) electrons. The second kappa shape index (κ2) is 9.73. The van der Waals surface area contributed by atoms with Crippen molar-refractivity contribution in [1.82, 2.24) is 4.90 Å². The SMILES string of the molecule is COc1ccc(NC(=O)CN(C)CC(=O)Nc2ccc(C(C)C)cc2)cc1. The summed E-state index contributed by atoms with van der Waals surface area (Å²) >= 11 is 0. The van der Waals surface area contributed by atoms with Crippen LogP contribution in [0.15, 0.2) is 48.5 Å². The summed E-state index contributed by atoms with van der Waals surface area (Å²) in [4.78, 5) is 25.9. The average molecular weight is 369 g/mol. The minimum absolute atomic E-state index is 0.117. The van der Waals surface area contributed by atoms with E-state index in [1.54, 1.807) is 43.3 Å². The molecule has 0 bridgehead atoms. The summed E-state index contributed by atoms with van der Waals surface area (Å²) in [6.07, 6.45) is 0. The van der Waals surface area contributed by atoms with E-state index in [1.807, 2.05) is 24.3 Å². The van der Waals surface area contributed by atoms with E-state index in [0.29, 0.717) is 11.6 Å². The van der Waals surface area contributed by atoms with E-state index < -0.39 is 0 Å². The first kappa shape index (κ1) is 20.5. The van der Waals surface area contributed by atoms with Crippen molar-refractivity contribution in [3.63, 3.8) is 0 Å². The summed E-state index contributed by atoms with van der Waals surface area (Å²) in [5.74, 6) is 0.831. The van der Waals surface area contributed by atoms with Gasteiger partial charge in [0.15, 0.2) is 0 Å². The van der Waals surface area contributed by atoms with Gasteiger partial charge in [0.05, 0.1) is 20.2 Å². The van der Waals surface area contributed by atoms with Crippen molar-refractivity contribution in [2.45, 2.75) is 19.8 Å². The number of hydrogen-bond donors (Lipinski definition) is 2. The molecule has 2 aromatic rings. The van der Waals surface area contributed by atoms with Gasteiger partial charge in [-0.05, 0) is 54.9 Å². The summed E-state index contributed by atoms with van der Waals surface area (Å²) in [7, 11) is 3.32. The standard InChI is InChI=1S/C21H27N3O3/c1-15(2)16-5-7-17(8-6-16)22-20(25)13-24(3)14-21(26)23-18-9-11-19(27-4)12-10-18/h5-12,15H,13-14H2,1-4H3,(H,22,25)(H,23,26). The molecule has 0 aliphatic rings. The summed E-state index contributed by atoms with van der Waals surface area (Å²) in [5.41, 5.74) is 2.66. The minimum atomic E-state index is -0.184. The van der Waals surface area contributed by atoms with Crippen LogP contribution < -0.4 is 15.4 Å². The molecular formula is C21H27N3O3. The summed E-state index contributed by atoms with van der Waals surface area (Å²) in [6, 6.07) is 14.9. The van der Waals surface area contributed by atoms with Crippen LogP contribution in [-0.4, -0.2) is 44.0 Å². The average Bonchev–Trinajstić information content (AvgIpc) is 2.62. The van der Waals surface area contributed by atoms with Gasteiger partial charge in [-0.3, -0.25) is 14.5 Å². The third-order valence-corrected chi connectivity index (χ3v) is 4.06. The molecule has 0 unspecified atom stereocenters. The Bertz CT molecular complexity index is 755. The fourth-order valence-corrected chi connectivity index (χ4v) is 2.57. The van der Waals surface area contributed by atoms with Gasteiger partial charge in [-0.15, -0.1) is 0 Å². The Kier molecular flexibility index (Phi) is 7.37. The van der Waals surface area contributed by atoms with Crippen molar-refractivity contribution in [2.75, 3.05) is 37.9 Å². The highest BCUT2D eigenvalue weighted by Crippen LogP contribution is 2.17. The summed E-state index contributed by atoms with van der Waals surface area (Å²) < 4.78 is 5.08. The van der Waals surface area contributed by atoms with Crippen LogP contribution in [-0.2, 0) is 9.59 Å². The number of hydrogen-bond acceptors (Lipinski definition) is 4. The van der Waals surface area contributed by atoms with E-state index in [0.717, 1.165) is 11.4 Å². The Morgan fingerprint density at radius 1 is 0.889 bits per heavy atom. The smallest absolute Gasteiger partial charge is 0.238 e. The van der Waals surface area contributed by atoms with Crippen LogP contribution >= 0.6 is 0 Å². The van der Waals surface area contributed by atoms with Gasteiger partial charge < -0.3 is 15.4 Å². The summed E-state index contributed by atoms with van der Waals surface area (Å²) in [6.45, 7) is 4.49. The number of likely N-dealkylation sites (N-methyl/N-ethyl adjacent to an activating group) is 1. The van der Waals surface area contributed by atoms with E-state index >= 15 is 0 Å². The lowest BCUT2D eigenvalue weighted by molar-refractivity contribution is -0.119. The molecule has 144 valence electrons. The Hall–Kier alpha value is -2.86. The van der Waals surface area contributed by atoms with E-state index in [1.165, 1.54) is 5.56 Å². The monoisotopic (exact) mass is 369 g/mol. The van der Waals surface area contributed by atoms with Gasteiger partial charge in [0.2, 0.25) is 11.8 Å². The number of carbonyl (C=O) groups excluding carboxylic acids is 2. The largest absolute Gasteiger partial charge is 0.497 e. The Labute approximate surface area is 160 Å². The lowest BCUT2D eigenvalue weighted by Crippen LogP contribution is -2.36. The van der Waals surface area contributed by atoms with Crippen LogP contribution in [0.3, 0.4) is 0 Å². The van der Waals surface area contributed by atoms with Crippen molar-refractivity contribution in [3.8, 4) is 5.75 Å². The third-order valence-electron chi connectivity index (χ3n) is 4.06. The first-order chi connectivity index (χ1) is 12.9. The van der Waals surface area contributed by atoms with Gasteiger partial charge in [-0.25, -0.2) is 0 Å². The maximum atomic E-state index is 12.2. The Morgan fingerprint density at radius 3 is 1.74 bits per heavy atom. The molecule has 0 saturated carbocycles. The zero-order valence-electron chi connectivity index (χ0n) is 16.3. The second-order valence-corrected chi connectivity index (χ2v) is 6.77. The zero-order valence-corrected chi connectivity index (χ0v) is 16.3. The van der Waals surface area contributed by atoms with Crippen molar-refractivity contribution in [1.29, 1.82) is 0 Å². The fourth-order valence-electron chi connectivity index (χ4n) is 2.57. The van der Waals surface area contributed by atoms with Crippen LogP contribution in [0.5, 0.6) is 5.75 Å². The molecule has 6 nitrogen and oxygen atoms in total. The predicted molar refractivity (Wildman–Crippen MR) is 108 cm³/mol.